The molecular formula is C19H17ClN2O. The minimum absolute atomic E-state index is 0.591. The molecule has 3 rings (SSSR count). The summed E-state index contributed by atoms with van der Waals surface area (Å²) in [4.78, 5) is 8.88. The van der Waals surface area contributed by atoms with E-state index in [1.54, 1.807) is 7.11 Å². The Morgan fingerprint density at radius 1 is 1.04 bits per heavy atom. The van der Waals surface area contributed by atoms with Crippen molar-refractivity contribution in [2.45, 2.75) is 13.3 Å². The van der Waals surface area contributed by atoms with Crippen LogP contribution in [0.4, 0.5) is 0 Å². The number of methoxy groups -OCH3 is 1. The number of aromatic nitrogens is 2. The smallest absolute Gasteiger partial charge is 0.221 e. The molecule has 4 heteroatoms. The second-order valence-corrected chi connectivity index (χ2v) is 5.85. The fourth-order valence-corrected chi connectivity index (χ4v) is 2.62. The molecule has 0 saturated carbocycles. The van der Waals surface area contributed by atoms with Crippen LogP contribution in [0.25, 0.3) is 11.1 Å². The molecule has 2 aromatic heterocycles. The Bertz CT molecular complexity index is 816. The van der Waals surface area contributed by atoms with Crippen molar-refractivity contribution >= 4 is 11.6 Å². The van der Waals surface area contributed by atoms with Gasteiger partial charge in [0.2, 0.25) is 5.88 Å². The van der Waals surface area contributed by atoms with Gasteiger partial charge in [0, 0.05) is 35.1 Å². The van der Waals surface area contributed by atoms with Crippen LogP contribution in [0.2, 0.25) is 5.02 Å². The predicted molar refractivity (Wildman–Crippen MR) is 93.0 cm³/mol. The molecule has 2 heterocycles. The normalized spacial score (nSPS) is 10.6. The average Bonchev–Trinajstić information content (AvgIpc) is 2.57. The fourth-order valence-electron chi connectivity index (χ4n) is 2.43. The number of hydrogen-bond donors (Lipinski definition) is 0. The van der Waals surface area contributed by atoms with Crippen LogP contribution in [0.3, 0.4) is 0 Å². The second kappa shape index (κ2) is 6.80. The molecule has 0 spiro atoms. The van der Waals surface area contributed by atoms with Crippen molar-refractivity contribution in [2.75, 3.05) is 7.11 Å². The van der Waals surface area contributed by atoms with E-state index in [0.717, 1.165) is 34.4 Å². The fraction of sp³-hybridized carbons (Fsp3) is 0.158. The van der Waals surface area contributed by atoms with E-state index in [9.17, 15) is 0 Å². The van der Waals surface area contributed by atoms with Crippen LogP contribution in [0, 0.1) is 6.92 Å². The molecule has 0 saturated heterocycles. The van der Waals surface area contributed by atoms with Crippen molar-refractivity contribution in [1.29, 1.82) is 0 Å². The van der Waals surface area contributed by atoms with Crippen LogP contribution in [-0.4, -0.2) is 17.1 Å². The van der Waals surface area contributed by atoms with Gasteiger partial charge in [0.25, 0.3) is 0 Å². The highest BCUT2D eigenvalue weighted by atomic mass is 35.5. The molecule has 0 unspecified atom stereocenters. The maximum absolute atomic E-state index is 6.10. The Kier molecular flexibility index (Phi) is 4.58. The summed E-state index contributed by atoms with van der Waals surface area (Å²) < 4.78 is 5.39. The molecule has 3 nitrogen and oxygen atoms in total. The molecule has 116 valence electrons. The lowest BCUT2D eigenvalue weighted by Gasteiger charge is -2.10. The molecule has 0 aliphatic heterocycles. The third kappa shape index (κ3) is 3.69. The quantitative estimate of drug-likeness (QED) is 0.697. The highest BCUT2D eigenvalue weighted by molar-refractivity contribution is 6.30. The monoisotopic (exact) mass is 324 g/mol. The molecule has 0 N–H and O–H groups in total. The van der Waals surface area contributed by atoms with Crippen LogP contribution in [0.15, 0.2) is 54.9 Å². The number of aryl methyl sites for hydroxylation is 1. The van der Waals surface area contributed by atoms with Gasteiger partial charge in [-0.3, -0.25) is 4.98 Å². The van der Waals surface area contributed by atoms with Gasteiger partial charge in [-0.1, -0.05) is 29.8 Å². The van der Waals surface area contributed by atoms with E-state index >= 15 is 0 Å². The second-order valence-electron chi connectivity index (χ2n) is 5.41. The van der Waals surface area contributed by atoms with E-state index in [0.29, 0.717) is 10.9 Å². The molecule has 3 aromatic rings. The molecule has 0 amide bonds. The maximum atomic E-state index is 6.10. The average molecular weight is 325 g/mol. The first-order valence-corrected chi connectivity index (χ1v) is 7.74. The Labute approximate surface area is 140 Å². The third-order valence-electron chi connectivity index (χ3n) is 3.59. The van der Waals surface area contributed by atoms with Gasteiger partial charge in [-0.2, -0.15) is 0 Å². The van der Waals surface area contributed by atoms with Gasteiger partial charge in [0.05, 0.1) is 7.11 Å². The van der Waals surface area contributed by atoms with Crippen molar-refractivity contribution in [3.63, 3.8) is 0 Å². The lowest BCUT2D eigenvalue weighted by atomic mass is 10.0. The number of hydrogen-bond acceptors (Lipinski definition) is 3. The van der Waals surface area contributed by atoms with Crippen LogP contribution in [0.5, 0.6) is 5.88 Å². The number of rotatable bonds is 4. The summed E-state index contributed by atoms with van der Waals surface area (Å²) in [5, 5.41) is 0.690. The Balaban J connectivity index is 1.97. The molecule has 0 bridgehead atoms. The predicted octanol–water partition coefficient (Wildman–Crippen LogP) is 4.70. The molecule has 0 atom stereocenters. The highest BCUT2D eigenvalue weighted by Crippen LogP contribution is 2.30. The van der Waals surface area contributed by atoms with Gasteiger partial charge in [-0.25, -0.2) is 4.98 Å². The Morgan fingerprint density at radius 3 is 2.61 bits per heavy atom. The largest absolute Gasteiger partial charge is 0.481 e. The molecule has 0 aliphatic rings. The van der Waals surface area contributed by atoms with Crippen molar-refractivity contribution in [3.05, 3.63) is 76.7 Å². The number of halogens is 1. The van der Waals surface area contributed by atoms with Gasteiger partial charge in [0.1, 0.15) is 0 Å². The van der Waals surface area contributed by atoms with Crippen molar-refractivity contribution < 1.29 is 4.74 Å². The molecule has 0 fully saturated rings. The summed E-state index contributed by atoms with van der Waals surface area (Å²) in [6.45, 7) is 2.03. The van der Waals surface area contributed by atoms with Gasteiger partial charge in [0.15, 0.2) is 0 Å². The van der Waals surface area contributed by atoms with Gasteiger partial charge in [-0.05, 0) is 47.9 Å². The molecule has 23 heavy (non-hydrogen) atoms. The zero-order chi connectivity index (χ0) is 16.2. The van der Waals surface area contributed by atoms with E-state index in [4.69, 9.17) is 16.3 Å². The lowest BCUT2D eigenvalue weighted by molar-refractivity contribution is 0.399. The first-order chi connectivity index (χ1) is 11.2. The molecule has 0 radical (unpaired) electrons. The van der Waals surface area contributed by atoms with Crippen LogP contribution in [-0.2, 0) is 6.42 Å². The van der Waals surface area contributed by atoms with E-state index in [1.807, 2.05) is 49.6 Å². The highest BCUT2D eigenvalue weighted by Gasteiger charge is 2.10. The van der Waals surface area contributed by atoms with E-state index in [2.05, 4.69) is 22.1 Å². The zero-order valence-electron chi connectivity index (χ0n) is 13.1. The minimum Gasteiger partial charge on any atom is -0.481 e. The SMILES string of the molecule is COc1ncc(Cc2ccc(C)cn2)cc1-c1cccc(Cl)c1. The first kappa shape index (κ1) is 15.5. The number of benzene rings is 1. The molecule has 1 aromatic carbocycles. The summed E-state index contributed by atoms with van der Waals surface area (Å²) in [5.41, 5.74) is 5.16. The Hall–Kier alpha value is -2.39. The van der Waals surface area contributed by atoms with Crippen LogP contribution < -0.4 is 4.74 Å². The number of ether oxygens (including phenoxy) is 1. The van der Waals surface area contributed by atoms with Crippen LogP contribution >= 0.6 is 11.6 Å². The molecule has 0 aliphatic carbocycles. The van der Waals surface area contributed by atoms with Gasteiger partial charge < -0.3 is 4.74 Å². The van der Waals surface area contributed by atoms with Gasteiger partial charge >= 0.3 is 0 Å². The third-order valence-corrected chi connectivity index (χ3v) is 3.83. The summed E-state index contributed by atoms with van der Waals surface area (Å²) in [5.74, 6) is 0.591. The number of pyridine rings is 2. The summed E-state index contributed by atoms with van der Waals surface area (Å²) in [7, 11) is 1.62. The zero-order valence-corrected chi connectivity index (χ0v) is 13.8. The van der Waals surface area contributed by atoms with E-state index < -0.39 is 0 Å². The standard InChI is InChI=1S/C19H17ClN2O/c1-13-6-7-17(21-11-13)8-14-9-18(19(23-2)22-12-14)15-4-3-5-16(20)10-15/h3-7,9-12H,8H2,1-2H3. The van der Waals surface area contributed by atoms with E-state index in [1.165, 1.54) is 0 Å². The molecular weight excluding hydrogens is 308 g/mol. The van der Waals surface area contributed by atoms with Gasteiger partial charge in [-0.15, -0.1) is 0 Å². The minimum atomic E-state index is 0.591. The maximum Gasteiger partial charge on any atom is 0.221 e. The summed E-state index contributed by atoms with van der Waals surface area (Å²) in [6.07, 6.45) is 4.43. The topological polar surface area (TPSA) is 35.0 Å². The summed E-state index contributed by atoms with van der Waals surface area (Å²) in [6, 6.07) is 13.9. The van der Waals surface area contributed by atoms with Crippen molar-refractivity contribution in [1.82, 2.24) is 9.97 Å². The summed E-state index contributed by atoms with van der Waals surface area (Å²) >= 11 is 6.10. The van der Waals surface area contributed by atoms with Crippen LogP contribution in [0.1, 0.15) is 16.8 Å². The van der Waals surface area contributed by atoms with Crippen molar-refractivity contribution in [2.24, 2.45) is 0 Å². The first-order valence-electron chi connectivity index (χ1n) is 7.36. The lowest BCUT2D eigenvalue weighted by Crippen LogP contribution is -1.97. The van der Waals surface area contributed by atoms with E-state index in [-0.39, 0.29) is 0 Å². The Morgan fingerprint density at radius 2 is 1.91 bits per heavy atom. The van der Waals surface area contributed by atoms with Crippen molar-refractivity contribution in [3.8, 4) is 17.0 Å². The number of nitrogens with zero attached hydrogens (tertiary/aromatic N) is 2.